The van der Waals surface area contributed by atoms with E-state index in [2.05, 4.69) is 10.6 Å². The molecule has 0 radical (unpaired) electrons. The molecule has 4 heteroatoms. The molecule has 0 saturated heterocycles. The first-order valence-electron chi connectivity index (χ1n) is 5.65. The van der Waals surface area contributed by atoms with E-state index in [-0.39, 0.29) is 5.97 Å². The first kappa shape index (κ1) is 12.8. The van der Waals surface area contributed by atoms with Gasteiger partial charge in [0.1, 0.15) is 5.54 Å². The Hall–Kier alpha value is -1.29. The molecule has 0 saturated carbocycles. The Balaban J connectivity index is 2.78. The maximum atomic E-state index is 11.8. The van der Waals surface area contributed by atoms with Crippen LogP contribution in [0.3, 0.4) is 0 Å². The van der Waals surface area contributed by atoms with Gasteiger partial charge < -0.3 is 10.1 Å². The lowest BCUT2D eigenvalue weighted by Crippen LogP contribution is -2.51. The van der Waals surface area contributed by atoms with Gasteiger partial charge in [0.15, 0.2) is 0 Å². The number of hydrogen-bond donors (Lipinski definition) is 2. The summed E-state index contributed by atoms with van der Waals surface area (Å²) < 4.78 is 4.84. The van der Waals surface area contributed by atoms with Gasteiger partial charge in [0.05, 0.1) is 7.11 Å². The smallest absolute Gasteiger partial charge is 0.330 e. The maximum Gasteiger partial charge on any atom is 0.330 e. The molecule has 1 atom stereocenters. The second-order valence-electron chi connectivity index (χ2n) is 3.72. The summed E-state index contributed by atoms with van der Waals surface area (Å²) in [6.07, 6.45) is 6.43. The predicted molar refractivity (Wildman–Crippen MR) is 63.9 cm³/mol. The largest absolute Gasteiger partial charge is 0.467 e. The van der Waals surface area contributed by atoms with Crippen molar-refractivity contribution in [2.45, 2.75) is 25.8 Å². The van der Waals surface area contributed by atoms with Crippen LogP contribution in [0.4, 0.5) is 0 Å². The van der Waals surface area contributed by atoms with Crippen LogP contribution >= 0.6 is 0 Å². The molecule has 90 valence electrons. The molecular weight excluding hydrogens is 204 g/mol. The molecule has 0 aromatic carbocycles. The van der Waals surface area contributed by atoms with Crippen molar-refractivity contribution in [2.24, 2.45) is 0 Å². The number of allylic oxidation sites excluding steroid dienone is 1. The highest BCUT2D eigenvalue weighted by molar-refractivity contribution is 5.84. The maximum absolute atomic E-state index is 11.8. The summed E-state index contributed by atoms with van der Waals surface area (Å²) in [5.74, 6) is -0.239. The van der Waals surface area contributed by atoms with E-state index in [4.69, 9.17) is 4.74 Å². The van der Waals surface area contributed by atoms with Gasteiger partial charge in [0.25, 0.3) is 0 Å². The van der Waals surface area contributed by atoms with Crippen molar-refractivity contribution in [1.29, 1.82) is 0 Å². The zero-order chi connectivity index (χ0) is 12.0. The predicted octanol–water partition coefficient (Wildman–Crippen LogP) is 0.961. The molecule has 0 bridgehead atoms. The second-order valence-corrected chi connectivity index (χ2v) is 3.72. The minimum absolute atomic E-state index is 0.239. The van der Waals surface area contributed by atoms with Gasteiger partial charge in [-0.1, -0.05) is 19.1 Å². The van der Waals surface area contributed by atoms with Crippen molar-refractivity contribution in [2.75, 3.05) is 20.2 Å². The fourth-order valence-corrected chi connectivity index (χ4v) is 1.83. The second kappa shape index (κ2) is 5.70. The third-order valence-corrected chi connectivity index (χ3v) is 2.61. The van der Waals surface area contributed by atoms with E-state index in [9.17, 15) is 4.79 Å². The highest BCUT2D eigenvalue weighted by Gasteiger charge is 2.36. The molecule has 1 aliphatic carbocycles. The summed E-state index contributed by atoms with van der Waals surface area (Å²) in [4.78, 5) is 11.8. The molecule has 0 aromatic heterocycles. The number of likely N-dealkylation sites (N-methyl/N-ethyl adjacent to an activating group) is 2. The molecule has 1 rings (SSSR count). The van der Waals surface area contributed by atoms with E-state index in [1.165, 1.54) is 7.11 Å². The number of nitrogens with one attached hydrogen (secondary N) is 2. The Kier molecular flexibility index (Phi) is 4.55. The van der Waals surface area contributed by atoms with Gasteiger partial charge in [-0.25, -0.2) is 4.79 Å². The van der Waals surface area contributed by atoms with Crippen LogP contribution in [0, 0.1) is 0 Å². The normalized spacial score (nSPS) is 23.8. The van der Waals surface area contributed by atoms with E-state index in [1.54, 1.807) is 0 Å². The summed E-state index contributed by atoms with van der Waals surface area (Å²) >= 11 is 0. The summed E-state index contributed by atoms with van der Waals surface area (Å²) in [6.45, 7) is 5.62. The van der Waals surface area contributed by atoms with Gasteiger partial charge in [-0.15, -0.1) is 0 Å². The number of carbonyl (C=O) groups excluding carboxylic acids is 1. The Morgan fingerprint density at radius 1 is 1.50 bits per heavy atom. The molecule has 4 nitrogen and oxygen atoms in total. The van der Waals surface area contributed by atoms with Crippen molar-refractivity contribution >= 4 is 5.97 Å². The standard InChI is InChI=1S/C12H20N2O2/c1-4-13-10-6-8-12(9-7-10,14-5-2)11(15)16-3/h6-8,13-14H,4-5,9H2,1-3H3. The molecule has 2 N–H and O–H groups in total. The molecule has 0 aliphatic heterocycles. The first-order valence-corrected chi connectivity index (χ1v) is 5.65. The quantitative estimate of drug-likeness (QED) is 0.683. The molecular formula is C12H20N2O2. The van der Waals surface area contributed by atoms with Crippen molar-refractivity contribution in [1.82, 2.24) is 10.6 Å². The molecule has 16 heavy (non-hydrogen) atoms. The summed E-state index contributed by atoms with van der Waals surface area (Å²) in [7, 11) is 1.42. The third kappa shape index (κ3) is 2.64. The van der Waals surface area contributed by atoms with Crippen molar-refractivity contribution in [3.05, 3.63) is 23.9 Å². The molecule has 0 amide bonds. The Labute approximate surface area is 96.7 Å². The highest BCUT2D eigenvalue weighted by Crippen LogP contribution is 2.21. The number of esters is 1. The van der Waals surface area contributed by atoms with Crippen molar-refractivity contribution in [3.8, 4) is 0 Å². The van der Waals surface area contributed by atoms with Crippen molar-refractivity contribution in [3.63, 3.8) is 0 Å². The van der Waals surface area contributed by atoms with Crippen LogP contribution in [0.5, 0.6) is 0 Å². The van der Waals surface area contributed by atoms with Crippen LogP contribution in [-0.4, -0.2) is 31.7 Å². The van der Waals surface area contributed by atoms with Crippen LogP contribution in [0.25, 0.3) is 0 Å². The molecule has 0 heterocycles. The number of carbonyl (C=O) groups is 1. The molecule has 0 aromatic rings. The SMILES string of the molecule is CCNC1=CCC(NCC)(C(=O)OC)C=C1. The number of hydrogen-bond acceptors (Lipinski definition) is 4. The summed E-state index contributed by atoms with van der Waals surface area (Å²) in [5, 5.41) is 6.39. The monoisotopic (exact) mass is 224 g/mol. The Bertz CT molecular complexity index is 310. The fourth-order valence-electron chi connectivity index (χ4n) is 1.83. The minimum Gasteiger partial charge on any atom is -0.467 e. The van der Waals surface area contributed by atoms with Crippen LogP contribution in [0.1, 0.15) is 20.3 Å². The van der Waals surface area contributed by atoms with E-state index >= 15 is 0 Å². The lowest BCUT2D eigenvalue weighted by atomic mass is 9.90. The zero-order valence-electron chi connectivity index (χ0n) is 10.2. The fraction of sp³-hybridized carbons (Fsp3) is 0.583. The molecule has 1 aliphatic rings. The first-order chi connectivity index (χ1) is 7.68. The summed E-state index contributed by atoms with van der Waals surface area (Å²) in [6, 6.07) is 0. The van der Waals surface area contributed by atoms with Gasteiger partial charge in [-0.2, -0.15) is 0 Å². The molecule has 0 fully saturated rings. The van der Waals surface area contributed by atoms with Gasteiger partial charge in [0.2, 0.25) is 0 Å². The lowest BCUT2D eigenvalue weighted by Gasteiger charge is -2.30. The topological polar surface area (TPSA) is 50.4 Å². The molecule has 1 unspecified atom stereocenters. The molecule has 0 spiro atoms. The van der Waals surface area contributed by atoms with Gasteiger partial charge in [0, 0.05) is 18.7 Å². The summed E-state index contributed by atoms with van der Waals surface area (Å²) in [5.41, 5.74) is 0.363. The van der Waals surface area contributed by atoms with Gasteiger partial charge >= 0.3 is 5.97 Å². The van der Waals surface area contributed by atoms with Crippen LogP contribution < -0.4 is 10.6 Å². The van der Waals surface area contributed by atoms with Crippen molar-refractivity contribution < 1.29 is 9.53 Å². The highest BCUT2D eigenvalue weighted by atomic mass is 16.5. The number of rotatable bonds is 5. The van der Waals surface area contributed by atoms with E-state index in [1.807, 2.05) is 32.1 Å². The van der Waals surface area contributed by atoms with E-state index < -0.39 is 5.54 Å². The lowest BCUT2D eigenvalue weighted by molar-refractivity contribution is -0.146. The number of ether oxygens (including phenoxy) is 1. The van der Waals surface area contributed by atoms with Crippen LogP contribution in [0.2, 0.25) is 0 Å². The van der Waals surface area contributed by atoms with Gasteiger partial charge in [-0.05, 0) is 19.5 Å². The Morgan fingerprint density at radius 2 is 2.25 bits per heavy atom. The zero-order valence-corrected chi connectivity index (χ0v) is 10.2. The van der Waals surface area contributed by atoms with E-state index in [0.29, 0.717) is 6.42 Å². The average molecular weight is 224 g/mol. The Morgan fingerprint density at radius 3 is 2.69 bits per heavy atom. The average Bonchev–Trinajstić information content (AvgIpc) is 2.31. The van der Waals surface area contributed by atoms with Crippen LogP contribution in [-0.2, 0) is 9.53 Å². The van der Waals surface area contributed by atoms with E-state index in [0.717, 1.165) is 18.8 Å². The third-order valence-electron chi connectivity index (χ3n) is 2.61. The minimum atomic E-state index is -0.692. The van der Waals surface area contributed by atoms with Gasteiger partial charge in [-0.3, -0.25) is 5.32 Å². The van der Waals surface area contributed by atoms with Crippen LogP contribution in [0.15, 0.2) is 23.9 Å². The number of methoxy groups -OCH3 is 1.